The molecule has 0 saturated heterocycles. The Morgan fingerprint density at radius 2 is 2.11 bits per heavy atom. The van der Waals surface area contributed by atoms with Gasteiger partial charge in [-0.1, -0.05) is 31.2 Å². The van der Waals surface area contributed by atoms with E-state index < -0.39 is 0 Å². The van der Waals surface area contributed by atoms with Crippen LogP contribution >= 0.6 is 0 Å². The van der Waals surface area contributed by atoms with Crippen molar-refractivity contribution in [1.29, 1.82) is 0 Å². The van der Waals surface area contributed by atoms with Crippen molar-refractivity contribution in [3.8, 4) is 0 Å². The molecule has 0 aliphatic carbocycles. The average molecular weight is 243 g/mol. The van der Waals surface area contributed by atoms with E-state index in [0.717, 1.165) is 12.1 Å². The summed E-state index contributed by atoms with van der Waals surface area (Å²) < 4.78 is 2.01. The fraction of sp³-hybridized carbons (Fsp3) is 0.286. The summed E-state index contributed by atoms with van der Waals surface area (Å²) in [6, 6.07) is 8.12. The van der Waals surface area contributed by atoms with Crippen LogP contribution < -0.4 is 5.32 Å². The van der Waals surface area contributed by atoms with Gasteiger partial charge in [0.05, 0.1) is 6.33 Å². The van der Waals surface area contributed by atoms with Gasteiger partial charge in [0.1, 0.15) is 0 Å². The summed E-state index contributed by atoms with van der Waals surface area (Å²) in [5.74, 6) is 0.0763. The molecule has 0 atom stereocenters. The Labute approximate surface area is 107 Å². The van der Waals surface area contributed by atoms with Crippen molar-refractivity contribution in [2.45, 2.75) is 26.4 Å². The Bertz CT molecular complexity index is 506. The summed E-state index contributed by atoms with van der Waals surface area (Å²) in [7, 11) is 0. The number of benzene rings is 1. The van der Waals surface area contributed by atoms with Crippen molar-refractivity contribution >= 4 is 5.91 Å². The Hall–Kier alpha value is -2.10. The molecule has 0 bridgehead atoms. The van der Waals surface area contributed by atoms with Gasteiger partial charge in [0.15, 0.2) is 0 Å². The van der Waals surface area contributed by atoms with Crippen molar-refractivity contribution in [3.05, 3.63) is 54.1 Å². The van der Waals surface area contributed by atoms with Crippen LogP contribution in [0.15, 0.2) is 43.0 Å². The molecule has 0 radical (unpaired) electrons. The number of rotatable bonds is 5. The van der Waals surface area contributed by atoms with E-state index in [4.69, 9.17) is 0 Å². The summed E-state index contributed by atoms with van der Waals surface area (Å²) in [6.45, 7) is 3.21. The fourth-order valence-electron chi connectivity index (χ4n) is 1.78. The predicted octanol–water partition coefficient (Wildman–Crippen LogP) is 1.96. The van der Waals surface area contributed by atoms with Crippen LogP contribution in [0.2, 0.25) is 0 Å². The summed E-state index contributed by atoms with van der Waals surface area (Å²) >= 11 is 0. The zero-order valence-electron chi connectivity index (χ0n) is 10.5. The summed E-state index contributed by atoms with van der Waals surface area (Å²) in [5, 5.41) is 2.90. The van der Waals surface area contributed by atoms with Gasteiger partial charge in [0.2, 0.25) is 5.91 Å². The highest BCUT2D eigenvalue weighted by molar-refractivity contribution is 5.75. The number of aromatic nitrogens is 2. The molecule has 0 saturated carbocycles. The van der Waals surface area contributed by atoms with E-state index in [-0.39, 0.29) is 5.91 Å². The first-order valence-electron chi connectivity index (χ1n) is 6.09. The number of nitrogens with zero attached hydrogens (tertiary/aromatic N) is 2. The van der Waals surface area contributed by atoms with Crippen molar-refractivity contribution in [1.82, 2.24) is 14.9 Å². The molecular weight excluding hydrogens is 226 g/mol. The highest BCUT2D eigenvalue weighted by Gasteiger charge is 2.04. The van der Waals surface area contributed by atoms with Crippen LogP contribution in [-0.4, -0.2) is 15.5 Å². The van der Waals surface area contributed by atoms with E-state index in [1.54, 1.807) is 12.5 Å². The molecule has 2 aromatic rings. The average Bonchev–Trinajstić information content (AvgIpc) is 2.90. The lowest BCUT2D eigenvalue weighted by Crippen LogP contribution is -2.22. The minimum absolute atomic E-state index is 0.0763. The summed E-state index contributed by atoms with van der Waals surface area (Å²) in [5.41, 5.74) is 2.35. The normalized spacial score (nSPS) is 10.3. The lowest BCUT2D eigenvalue weighted by atomic mass is 10.1. The van der Waals surface area contributed by atoms with E-state index >= 15 is 0 Å². The topological polar surface area (TPSA) is 46.9 Å². The maximum atomic E-state index is 11.3. The van der Waals surface area contributed by atoms with E-state index in [1.165, 1.54) is 5.56 Å². The molecule has 1 heterocycles. The molecule has 1 amide bonds. The van der Waals surface area contributed by atoms with Crippen molar-refractivity contribution in [2.24, 2.45) is 0 Å². The van der Waals surface area contributed by atoms with Gasteiger partial charge in [-0.15, -0.1) is 0 Å². The molecule has 0 unspecified atom stereocenters. The van der Waals surface area contributed by atoms with Gasteiger partial charge in [-0.2, -0.15) is 0 Å². The first-order valence-corrected chi connectivity index (χ1v) is 6.09. The van der Waals surface area contributed by atoms with Gasteiger partial charge in [0, 0.05) is 31.9 Å². The van der Waals surface area contributed by atoms with Crippen LogP contribution in [0, 0.1) is 0 Å². The first-order chi connectivity index (χ1) is 8.79. The monoisotopic (exact) mass is 243 g/mol. The molecule has 1 aromatic heterocycles. The van der Waals surface area contributed by atoms with E-state index in [9.17, 15) is 4.79 Å². The molecular formula is C14H17N3O. The lowest BCUT2D eigenvalue weighted by Gasteiger charge is -2.10. The molecule has 4 heteroatoms. The fourth-order valence-corrected chi connectivity index (χ4v) is 1.78. The van der Waals surface area contributed by atoms with Crippen molar-refractivity contribution < 1.29 is 4.79 Å². The molecule has 94 valence electrons. The number of carbonyl (C=O) groups excluding carboxylic acids is 1. The maximum absolute atomic E-state index is 11.3. The number of hydrogen-bond acceptors (Lipinski definition) is 2. The van der Waals surface area contributed by atoms with Gasteiger partial charge >= 0.3 is 0 Å². The van der Waals surface area contributed by atoms with E-state index in [0.29, 0.717) is 13.0 Å². The Balaban J connectivity index is 2.08. The molecule has 1 N–H and O–H groups in total. The van der Waals surface area contributed by atoms with Gasteiger partial charge in [-0.3, -0.25) is 4.79 Å². The Kier molecular flexibility index (Phi) is 4.12. The van der Waals surface area contributed by atoms with Gasteiger partial charge in [-0.25, -0.2) is 4.98 Å². The minimum Gasteiger partial charge on any atom is -0.352 e. The largest absolute Gasteiger partial charge is 0.352 e. The number of nitrogens with one attached hydrogen (secondary N) is 1. The zero-order chi connectivity index (χ0) is 12.8. The second kappa shape index (κ2) is 6.00. The number of amides is 1. The molecule has 18 heavy (non-hydrogen) atoms. The Morgan fingerprint density at radius 3 is 2.78 bits per heavy atom. The van der Waals surface area contributed by atoms with Gasteiger partial charge in [0.25, 0.3) is 0 Å². The van der Waals surface area contributed by atoms with Crippen LogP contribution in [0.1, 0.15) is 24.5 Å². The SMILES string of the molecule is CCC(=O)NCc1ccccc1Cn1ccnc1. The third kappa shape index (κ3) is 3.20. The van der Waals surface area contributed by atoms with E-state index in [1.807, 2.05) is 35.9 Å². The predicted molar refractivity (Wildman–Crippen MR) is 69.9 cm³/mol. The van der Waals surface area contributed by atoms with Gasteiger partial charge < -0.3 is 9.88 Å². The number of hydrogen-bond donors (Lipinski definition) is 1. The van der Waals surface area contributed by atoms with Crippen molar-refractivity contribution in [2.75, 3.05) is 0 Å². The Morgan fingerprint density at radius 1 is 1.33 bits per heavy atom. The second-order valence-corrected chi connectivity index (χ2v) is 4.13. The number of imidazole rings is 1. The molecule has 4 nitrogen and oxygen atoms in total. The van der Waals surface area contributed by atoms with Crippen LogP contribution in [0.3, 0.4) is 0 Å². The molecule has 0 spiro atoms. The molecule has 0 fully saturated rings. The molecule has 1 aromatic carbocycles. The van der Waals surface area contributed by atoms with Gasteiger partial charge in [-0.05, 0) is 11.1 Å². The van der Waals surface area contributed by atoms with Crippen LogP contribution in [0.4, 0.5) is 0 Å². The smallest absolute Gasteiger partial charge is 0.219 e. The van der Waals surface area contributed by atoms with E-state index in [2.05, 4.69) is 16.4 Å². The first kappa shape index (κ1) is 12.4. The summed E-state index contributed by atoms with van der Waals surface area (Å²) in [6.07, 6.45) is 6.01. The maximum Gasteiger partial charge on any atom is 0.219 e. The third-order valence-corrected chi connectivity index (χ3v) is 2.83. The van der Waals surface area contributed by atoms with Crippen LogP contribution in [-0.2, 0) is 17.9 Å². The van der Waals surface area contributed by atoms with Crippen LogP contribution in [0.5, 0.6) is 0 Å². The third-order valence-electron chi connectivity index (χ3n) is 2.83. The lowest BCUT2D eigenvalue weighted by molar-refractivity contribution is -0.120. The molecule has 2 rings (SSSR count). The minimum atomic E-state index is 0.0763. The number of carbonyl (C=O) groups is 1. The second-order valence-electron chi connectivity index (χ2n) is 4.13. The van der Waals surface area contributed by atoms with Crippen LogP contribution in [0.25, 0.3) is 0 Å². The quantitative estimate of drug-likeness (QED) is 0.872. The zero-order valence-corrected chi connectivity index (χ0v) is 10.5. The molecule has 0 aliphatic rings. The van der Waals surface area contributed by atoms with Crippen molar-refractivity contribution in [3.63, 3.8) is 0 Å². The highest BCUT2D eigenvalue weighted by Crippen LogP contribution is 2.10. The molecule has 0 aliphatic heterocycles. The standard InChI is InChI=1S/C14H17N3O/c1-2-14(18)16-9-12-5-3-4-6-13(12)10-17-8-7-15-11-17/h3-8,11H,2,9-10H2,1H3,(H,16,18). The summed E-state index contributed by atoms with van der Waals surface area (Å²) in [4.78, 5) is 15.3. The highest BCUT2D eigenvalue weighted by atomic mass is 16.1.